The lowest BCUT2D eigenvalue weighted by molar-refractivity contribution is 0.627. The highest BCUT2D eigenvalue weighted by atomic mass is 79.9. The molecule has 0 nitrogen and oxygen atoms in total. The Labute approximate surface area is 115 Å². The van der Waals surface area contributed by atoms with Gasteiger partial charge in [0.05, 0.1) is 4.83 Å². The Kier molecular flexibility index (Phi) is 3.82. The molecule has 0 saturated heterocycles. The maximum atomic E-state index is 12.8. The summed E-state index contributed by atoms with van der Waals surface area (Å²) in [6.45, 7) is 2.07. The summed E-state index contributed by atoms with van der Waals surface area (Å²) in [5.74, 6) is -0.202. The van der Waals surface area contributed by atoms with E-state index in [1.807, 2.05) is 0 Å². The highest BCUT2D eigenvalue weighted by molar-refractivity contribution is 9.10. The zero-order valence-corrected chi connectivity index (χ0v) is 12.5. The van der Waals surface area contributed by atoms with Crippen molar-refractivity contribution in [2.24, 2.45) is 0 Å². The van der Waals surface area contributed by atoms with Crippen molar-refractivity contribution in [2.45, 2.75) is 11.8 Å². The van der Waals surface area contributed by atoms with Gasteiger partial charge in [0.2, 0.25) is 0 Å². The van der Waals surface area contributed by atoms with Crippen LogP contribution in [0, 0.1) is 12.7 Å². The average molecular weight is 364 g/mol. The van der Waals surface area contributed by atoms with Crippen LogP contribution >= 0.6 is 43.2 Å². The number of hydrogen-bond acceptors (Lipinski definition) is 1. The molecule has 0 aliphatic rings. The van der Waals surface area contributed by atoms with E-state index in [2.05, 4.69) is 44.8 Å². The van der Waals surface area contributed by atoms with E-state index >= 15 is 0 Å². The minimum atomic E-state index is -0.202. The van der Waals surface area contributed by atoms with Crippen molar-refractivity contribution in [1.82, 2.24) is 0 Å². The number of rotatable bonds is 2. The third-order valence-electron chi connectivity index (χ3n) is 2.29. The fraction of sp³-hybridized carbons (Fsp3) is 0.167. The average Bonchev–Trinajstić information content (AvgIpc) is 2.59. The van der Waals surface area contributed by atoms with E-state index < -0.39 is 0 Å². The minimum absolute atomic E-state index is 0.128. The van der Waals surface area contributed by atoms with E-state index in [4.69, 9.17) is 0 Å². The third-order valence-corrected chi connectivity index (χ3v) is 5.82. The summed E-state index contributed by atoms with van der Waals surface area (Å²) in [7, 11) is 0. The monoisotopic (exact) mass is 362 g/mol. The first-order valence-corrected chi connectivity index (χ1v) is 7.26. The second-order valence-corrected chi connectivity index (χ2v) is 6.52. The van der Waals surface area contributed by atoms with E-state index in [-0.39, 0.29) is 10.6 Å². The van der Waals surface area contributed by atoms with Gasteiger partial charge in [0.1, 0.15) is 5.82 Å². The molecule has 1 heterocycles. The zero-order valence-electron chi connectivity index (χ0n) is 8.51. The van der Waals surface area contributed by atoms with Gasteiger partial charge in [-0.2, -0.15) is 0 Å². The first-order chi connectivity index (χ1) is 7.58. The van der Waals surface area contributed by atoms with Gasteiger partial charge in [0.15, 0.2) is 0 Å². The van der Waals surface area contributed by atoms with Gasteiger partial charge in [-0.05, 0) is 46.6 Å². The SMILES string of the molecule is Cc1sc(C(Br)c2ccc(F)cc2)cc1Br. The molecule has 16 heavy (non-hydrogen) atoms. The Morgan fingerprint density at radius 3 is 2.38 bits per heavy atom. The van der Waals surface area contributed by atoms with Gasteiger partial charge in [0.25, 0.3) is 0 Å². The van der Waals surface area contributed by atoms with Crippen molar-refractivity contribution >= 4 is 43.2 Å². The lowest BCUT2D eigenvalue weighted by Crippen LogP contribution is -1.89. The molecule has 4 heteroatoms. The molecule has 0 radical (unpaired) electrons. The molecule has 0 amide bonds. The largest absolute Gasteiger partial charge is 0.207 e. The molecule has 84 valence electrons. The Morgan fingerprint density at radius 1 is 1.25 bits per heavy atom. The molecular formula is C12H9Br2FS. The van der Waals surface area contributed by atoms with Crippen LogP contribution in [0.3, 0.4) is 0 Å². The zero-order chi connectivity index (χ0) is 11.7. The number of hydrogen-bond donors (Lipinski definition) is 0. The highest BCUT2D eigenvalue weighted by Gasteiger charge is 2.14. The Morgan fingerprint density at radius 2 is 1.88 bits per heavy atom. The Hall–Kier alpha value is -0.190. The lowest BCUT2D eigenvalue weighted by Gasteiger charge is -2.07. The van der Waals surface area contributed by atoms with E-state index in [0.29, 0.717) is 0 Å². The molecule has 0 saturated carbocycles. The molecular weight excluding hydrogens is 355 g/mol. The van der Waals surface area contributed by atoms with Crippen molar-refractivity contribution in [2.75, 3.05) is 0 Å². The lowest BCUT2D eigenvalue weighted by atomic mass is 10.1. The first-order valence-electron chi connectivity index (χ1n) is 4.73. The van der Waals surface area contributed by atoms with Crippen LogP contribution in [-0.4, -0.2) is 0 Å². The predicted molar refractivity (Wildman–Crippen MR) is 73.9 cm³/mol. The van der Waals surface area contributed by atoms with Gasteiger partial charge in [-0.15, -0.1) is 11.3 Å². The molecule has 0 fully saturated rings. The van der Waals surface area contributed by atoms with E-state index in [9.17, 15) is 4.39 Å². The van der Waals surface area contributed by atoms with Crippen molar-refractivity contribution in [3.63, 3.8) is 0 Å². The molecule has 0 aliphatic heterocycles. The predicted octanol–water partition coefficient (Wildman–Crippen LogP) is 5.44. The third kappa shape index (κ3) is 2.55. The molecule has 0 N–H and O–H groups in total. The summed E-state index contributed by atoms with van der Waals surface area (Å²) in [5, 5.41) is 0. The molecule has 0 spiro atoms. The summed E-state index contributed by atoms with van der Waals surface area (Å²) < 4.78 is 13.9. The van der Waals surface area contributed by atoms with Crippen LogP contribution in [0.5, 0.6) is 0 Å². The van der Waals surface area contributed by atoms with Crippen LogP contribution in [0.15, 0.2) is 34.8 Å². The van der Waals surface area contributed by atoms with Crippen LogP contribution in [0.1, 0.15) is 20.1 Å². The van der Waals surface area contributed by atoms with Gasteiger partial charge < -0.3 is 0 Å². The summed E-state index contributed by atoms with van der Waals surface area (Å²) in [6.07, 6.45) is 0. The topological polar surface area (TPSA) is 0 Å². The summed E-state index contributed by atoms with van der Waals surface area (Å²) in [4.78, 5) is 2.60. The normalized spacial score (nSPS) is 12.8. The Bertz CT molecular complexity index is 471. The fourth-order valence-electron chi connectivity index (χ4n) is 1.40. The van der Waals surface area contributed by atoms with E-state index in [0.717, 1.165) is 10.0 Å². The van der Waals surface area contributed by atoms with Crippen LogP contribution in [-0.2, 0) is 0 Å². The van der Waals surface area contributed by atoms with Crippen LogP contribution in [0.2, 0.25) is 0 Å². The van der Waals surface area contributed by atoms with Gasteiger partial charge in [-0.1, -0.05) is 28.1 Å². The Balaban J connectivity index is 2.31. The molecule has 2 rings (SSSR count). The van der Waals surface area contributed by atoms with E-state index in [1.54, 1.807) is 23.5 Å². The number of benzene rings is 1. The number of alkyl halides is 1. The van der Waals surface area contributed by atoms with Gasteiger partial charge >= 0.3 is 0 Å². The van der Waals surface area contributed by atoms with Crippen molar-refractivity contribution in [3.05, 3.63) is 55.9 Å². The highest BCUT2D eigenvalue weighted by Crippen LogP contribution is 2.38. The molecule has 1 aromatic heterocycles. The molecule has 2 aromatic rings. The molecule has 1 atom stereocenters. The maximum absolute atomic E-state index is 12.8. The second kappa shape index (κ2) is 4.98. The first kappa shape index (κ1) is 12.3. The minimum Gasteiger partial charge on any atom is -0.207 e. The van der Waals surface area contributed by atoms with Crippen LogP contribution in [0.4, 0.5) is 4.39 Å². The standard InChI is InChI=1S/C12H9Br2FS/c1-7-10(13)6-11(16-7)12(14)8-2-4-9(15)5-3-8/h2-6,12H,1H3. The maximum Gasteiger partial charge on any atom is 0.123 e. The van der Waals surface area contributed by atoms with E-state index in [1.165, 1.54) is 21.9 Å². The van der Waals surface area contributed by atoms with Crippen LogP contribution in [0.25, 0.3) is 0 Å². The molecule has 1 aromatic carbocycles. The van der Waals surface area contributed by atoms with Crippen molar-refractivity contribution in [3.8, 4) is 0 Å². The molecule has 0 bridgehead atoms. The van der Waals surface area contributed by atoms with Crippen molar-refractivity contribution < 1.29 is 4.39 Å². The number of aryl methyl sites for hydroxylation is 1. The summed E-state index contributed by atoms with van der Waals surface area (Å²) in [6, 6.07) is 8.68. The molecule has 0 aliphatic carbocycles. The molecule has 1 unspecified atom stereocenters. The number of halogens is 3. The summed E-state index contributed by atoms with van der Waals surface area (Å²) >= 11 is 8.87. The van der Waals surface area contributed by atoms with Crippen LogP contribution < -0.4 is 0 Å². The fourth-order valence-corrected chi connectivity index (χ4v) is 3.69. The van der Waals surface area contributed by atoms with Crippen molar-refractivity contribution in [1.29, 1.82) is 0 Å². The smallest absolute Gasteiger partial charge is 0.123 e. The quantitative estimate of drug-likeness (QED) is 0.623. The second-order valence-electron chi connectivity index (χ2n) is 3.47. The van der Waals surface area contributed by atoms with Gasteiger partial charge in [0, 0.05) is 14.2 Å². The summed E-state index contributed by atoms with van der Waals surface area (Å²) in [5.41, 5.74) is 1.06. The van der Waals surface area contributed by atoms with Gasteiger partial charge in [-0.3, -0.25) is 0 Å². The van der Waals surface area contributed by atoms with Gasteiger partial charge in [-0.25, -0.2) is 4.39 Å². The number of thiophene rings is 1.